The summed E-state index contributed by atoms with van der Waals surface area (Å²) in [5, 5.41) is 22.4. The second-order valence-electron chi connectivity index (χ2n) is 9.25. The fourth-order valence-corrected chi connectivity index (χ4v) is 4.36. The highest BCUT2D eigenvalue weighted by molar-refractivity contribution is 6.20. The molecule has 2 unspecified atom stereocenters. The number of aliphatic carboxylic acids is 1. The number of benzene rings is 1. The predicted molar refractivity (Wildman–Crippen MR) is 138 cm³/mol. The fraction of sp³-hybridized carbons (Fsp3) is 0.360. The Kier molecular flexibility index (Phi) is 8.12. The van der Waals surface area contributed by atoms with Crippen molar-refractivity contribution < 1.29 is 28.2 Å². The van der Waals surface area contributed by atoms with Crippen LogP contribution in [-0.4, -0.2) is 62.9 Å². The number of halogens is 3. The minimum Gasteiger partial charge on any atom is -0.480 e. The number of carbonyl (C=O) groups is 2. The molecule has 13 heteroatoms. The van der Waals surface area contributed by atoms with E-state index in [2.05, 4.69) is 30.6 Å². The van der Waals surface area contributed by atoms with Crippen LogP contribution in [-0.2, 0) is 4.79 Å². The Hall–Kier alpha value is -3.77. The number of ether oxygens (including phenoxy) is 1. The first-order valence-electron chi connectivity index (χ1n) is 11.9. The highest BCUT2D eigenvalue weighted by atomic mass is 35.5. The number of hydrogen-bond acceptors (Lipinski definition) is 7. The van der Waals surface area contributed by atoms with E-state index in [0.29, 0.717) is 35.9 Å². The van der Waals surface area contributed by atoms with Crippen molar-refractivity contribution in [3.05, 3.63) is 54.4 Å². The number of H-pyrrole nitrogens is 1. The van der Waals surface area contributed by atoms with E-state index in [-0.39, 0.29) is 23.3 Å². The van der Waals surface area contributed by atoms with Gasteiger partial charge in [-0.05, 0) is 48.7 Å². The van der Waals surface area contributed by atoms with Crippen LogP contribution in [0.3, 0.4) is 0 Å². The summed E-state index contributed by atoms with van der Waals surface area (Å²) in [5.41, 5.74) is -1.89. The molecule has 0 bridgehead atoms. The maximum atomic E-state index is 13.0. The number of pyridine rings is 1. The molecular formula is C25H27ClF2N6O4. The lowest BCUT2D eigenvalue weighted by Gasteiger charge is -2.24. The molecule has 2 aromatic heterocycles. The van der Waals surface area contributed by atoms with E-state index in [4.69, 9.17) is 11.6 Å². The van der Waals surface area contributed by atoms with Gasteiger partial charge < -0.3 is 20.1 Å². The number of aromatic amines is 1. The van der Waals surface area contributed by atoms with Gasteiger partial charge in [-0.15, -0.1) is 8.78 Å². The average Bonchev–Trinajstić information content (AvgIpc) is 3.54. The van der Waals surface area contributed by atoms with Gasteiger partial charge in [-0.3, -0.25) is 20.0 Å². The second kappa shape index (κ2) is 11.3. The number of carbonyl (C=O) groups excluding carboxylic acids is 1. The van der Waals surface area contributed by atoms with Crippen molar-refractivity contribution in [1.82, 2.24) is 20.5 Å². The Bertz CT molecular complexity index is 1270. The highest BCUT2D eigenvalue weighted by Gasteiger charge is 2.31. The molecule has 38 heavy (non-hydrogen) atoms. The van der Waals surface area contributed by atoms with Gasteiger partial charge in [-0.2, -0.15) is 5.10 Å². The summed E-state index contributed by atoms with van der Waals surface area (Å²) in [5.74, 6) is -0.928. The molecule has 0 spiro atoms. The van der Waals surface area contributed by atoms with Crippen LogP contribution in [0.25, 0.3) is 11.3 Å². The Morgan fingerprint density at radius 2 is 2.00 bits per heavy atom. The number of rotatable bonds is 10. The van der Waals surface area contributed by atoms with Crippen molar-refractivity contribution in [2.24, 2.45) is 5.92 Å². The van der Waals surface area contributed by atoms with Crippen LogP contribution in [0.5, 0.6) is 5.75 Å². The van der Waals surface area contributed by atoms with Gasteiger partial charge in [0.2, 0.25) is 0 Å². The minimum absolute atomic E-state index is 0.0383. The van der Waals surface area contributed by atoms with E-state index in [0.717, 1.165) is 6.42 Å². The molecule has 10 nitrogen and oxygen atoms in total. The lowest BCUT2D eigenvalue weighted by Crippen LogP contribution is -2.47. The van der Waals surface area contributed by atoms with Gasteiger partial charge in [0.25, 0.3) is 5.91 Å². The molecule has 0 radical (unpaired) electrons. The summed E-state index contributed by atoms with van der Waals surface area (Å²) in [7, 11) is 0. The highest BCUT2D eigenvalue weighted by Crippen LogP contribution is 2.31. The molecule has 1 amide bonds. The third kappa shape index (κ3) is 6.75. The van der Waals surface area contributed by atoms with E-state index < -0.39 is 23.5 Å². The van der Waals surface area contributed by atoms with E-state index >= 15 is 0 Å². The van der Waals surface area contributed by atoms with Crippen LogP contribution in [0.2, 0.25) is 0 Å². The van der Waals surface area contributed by atoms with Crippen LogP contribution >= 0.6 is 11.6 Å². The third-order valence-electron chi connectivity index (χ3n) is 6.10. The topological polar surface area (TPSA) is 132 Å². The number of nitrogens with zero attached hydrogens (tertiary/aromatic N) is 3. The summed E-state index contributed by atoms with van der Waals surface area (Å²) in [6.45, 7) is 4.92. The zero-order chi connectivity index (χ0) is 27.4. The summed E-state index contributed by atoms with van der Waals surface area (Å²) >= 11 is 4.77. The fourth-order valence-electron chi connectivity index (χ4n) is 4.27. The number of hydrogen-bond donors (Lipinski definition) is 4. The number of carboxylic acids is 1. The maximum absolute atomic E-state index is 13.0. The van der Waals surface area contributed by atoms with Crippen LogP contribution in [0.1, 0.15) is 30.6 Å². The van der Waals surface area contributed by atoms with Crippen LogP contribution in [0.4, 0.5) is 20.3 Å². The predicted octanol–water partition coefficient (Wildman–Crippen LogP) is 4.17. The monoisotopic (exact) mass is 548 g/mol. The number of aromatic nitrogens is 3. The second-order valence-corrected chi connectivity index (χ2v) is 9.69. The Balaban J connectivity index is 1.51. The van der Waals surface area contributed by atoms with E-state index in [1.165, 1.54) is 30.5 Å². The van der Waals surface area contributed by atoms with E-state index in [1.807, 2.05) is 18.7 Å². The normalized spacial score (nSPS) is 16.5. The smallest absolute Gasteiger partial charge is 0.480 e. The molecule has 1 aliphatic heterocycles. The lowest BCUT2D eigenvalue weighted by atomic mass is 10.0. The summed E-state index contributed by atoms with van der Waals surface area (Å²) in [6, 6.07) is 8.09. The lowest BCUT2D eigenvalue weighted by molar-refractivity contribution is -0.140. The molecule has 1 saturated heterocycles. The zero-order valence-corrected chi connectivity index (χ0v) is 21.4. The molecule has 1 aromatic carbocycles. The molecule has 1 aliphatic rings. The van der Waals surface area contributed by atoms with Gasteiger partial charge in [0, 0.05) is 54.4 Å². The molecular weight excluding hydrogens is 522 g/mol. The van der Waals surface area contributed by atoms with Crippen molar-refractivity contribution in [2.45, 2.75) is 37.9 Å². The van der Waals surface area contributed by atoms with Gasteiger partial charge >= 0.3 is 11.5 Å². The van der Waals surface area contributed by atoms with Gasteiger partial charge in [-0.1, -0.05) is 13.8 Å². The number of alkyl halides is 3. The van der Waals surface area contributed by atoms with E-state index in [1.54, 1.807) is 18.3 Å². The average molecular weight is 549 g/mol. The van der Waals surface area contributed by atoms with Crippen molar-refractivity contribution >= 4 is 35.0 Å². The SMILES string of the molecule is CC(C)C(NC1CCN(c2ncc(C(=O)Nc3ccc(OC(F)(F)Cl)cc3)cc2-c2ccn[nH]2)C1)C(=O)O. The van der Waals surface area contributed by atoms with Gasteiger partial charge in [0.15, 0.2) is 0 Å². The molecule has 4 N–H and O–H groups in total. The first-order valence-corrected chi connectivity index (χ1v) is 12.3. The molecule has 3 heterocycles. The summed E-state index contributed by atoms with van der Waals surface area (Å²) < 4.78 is 29.9. The van der Waals surface area contributed by atoms with Crippen LogP contribution < -0.4 is 20.3 Å². The van der Waals surface area contributed by atoms with E-state index in [9.17, 15) is 23.5 Å². The van der Waals surface area contributed by atoms with Crippen molar-refractivity contribution in [3.8, 4) is 17.0 Å². The third-order valence-corrected chi connectivity index (χ3v) is 6.18. The van der Waals surface area contributed by atoms with Crippen molar-refractivity contribution in [2.75, 3.05) is 23.3 Å². The molecule has 202 valence electrons. The minimum atomic E-state index is -3.83. The van der Waals surface area contributed by atoms with Crippen LogP contribution in [0, 0.1) is 5.92 Å². The van der Waals surface area contributed by atoms with Gasteiger partial charge in [0.1, 0.15) is 17.6 Å². The largest absolute Gasteiger partial charge is 0.487 e. The number of carboxylic acid groups (broad SMARTS) is 1. The first-order chi connectivity index (χ1) is 18.0. The molecule has 4 rings (SSSR count). The summed E-state index contributed by atoms with van der Waals surface area (Å²) in [6.07, 6.45) is 3.78. The zero-order valence-electron chi connectivity index (χ0n) is 20.6. The Labute approximate surface area is 222 Å². The standard InChI is InChI=1S/C25H27ClF2N6O4/c1-14(2)21(24(36)37)31-17-8-10-34(13-17)22-19(20-7-9-30-33-20)11-15(12-29-22)23(35)32-16-3-5-18(6-4-16)38-25(26,27)28/h3-7,9,11-12,14,17,21,31H,8,10,13H2,1-2H3,(H,30,33)(H,32,35)(H,36,37). The van der Waals surface area contributed by atoms with Crippen LogP contribution in [0.15, 0.2) is 48.8 Å². The van der Waals surface area contributed by atoms with Crippen molar-refractivity contribution in [1.29, 1.82) is 0 Å². The quantitative estimate of drug-likeness (QED) is 0.278. The molecule has 2 atom stereocenters. The Morgan fingerprint density at radius 3 is 2.61 bits per heavy atom. The molecule has 0 saturated carbocycles. The number of amides is 1. The Morgan fingerprint density at radius 1 is 1.26 bits per heavy atom. The van der Waals surface area contributed by atoms with Crippen molar-refractivity contribution in [3.63, 3.8) is 0 Å². The summed E-state index contributed by atoms with van der Waals surface area (Å²) in [4.78, 5) is 31.2. The molecule has 3 aromatic rings. The molecule has 1 fully saturated rings. The number of nitrogens with one attached hydrogen (secondary N) is 3. The molecule has 0 aliphatic carbocycles. The number of anilines is 2. The van der Waals surface area contributed by atoms with Gasteiger partial charge in [0.05, 0.1) is 11.3 Å². The van der Waals surface area contributed by atoms with Gasteiger partial charge in [-0.25, -0.2) is 4.98 Å². The first kappa shape index (κ1) is 27.3. The maximum Gasteiger partial charge on any atom is 0.487 e.